The van der Waals surface area contributed by atoms with Crippen LogP contribution in [0, 0.1) is 5.82 Å². The minimum Gasteiger partial charge on any atom is -0.491 e. The Balaban J connectivity index is 2.06. The quantitative estimate of drug-likeness (QED) is 0.540. The molecule has 0 aliphatic carbocycles. The zero-order valence-corrected chi connectivity index (χ0v) is 15.3. The third kappa shape index (κ3) is 2.91. The van der Waals surface area contributed by atoms with E-state index in [2.05, 4.69) is 4.98 Å². The molecular formula is C18H16FN3O5S. The summed E-state index contributed by atoms with van der Waals surface area (Å²) < 4.78 is 52.5. The van der Waals surface area contributed by atoms with E-state index in [-0.39, 0.29) is 40.9 Å². The van der Waals surface area contributed by atoms with Crippen LogP contribution in [0.3, 0.4) is 0 Å². The number of nitrogens with two attached hydrogens (primary N) is 1. The Bertz CT molecular complexity index is 1190. The highest BCUT2D eigenvalue weighted by atomic mass is 32.2. The van der Waals surface area contributed by atoms with Crippen LogP contribution in [0.25, 0.3) is 22.0 Å². The van der Waals surface area contributed by atoms with Gasteiger partial charge in [-0.1, -0.05) is 0 Å². The molecule has 0 bridgehead atoms. The number of halogens is 1. The van der Waals surface area contributed by atoms with Crippen LogP contribution in [-0.2, 0) is 10.1 Å². The minimum absolute atomic E-state index is 0.0578. The third-order valence-electron chi connectivity index (χ3n) is 4.48. The van der Waals surface area contributed by atoms with Crippen LogP contribution in [0.2, 0.25) is 0 Å². The molecule has 1 aliphatic heterocycles. The number of hydrogen-bond acceptors (Lipinski definition) is 5. The fraction of sp³-hybridized carbons (Fsp3) is 0.167. The highest BCUT2D eigenvalue weighted by Crippen LogP contribution is 2.46. The molecule has 1 aromatic heterocycles. The number of aromatic nitrogens is 1. The van der Waals surface area contributed by atoms with E-state index in [0.717, 1.165) is 11.0 Å². The number of nitrogens with one attached hydrogen (secondary N) is 1. The van der Waals surface area contributed by atoms with E-state index in [0.29, 0.717) is 11.3 Å². The van der Waals surface area contributed by atoms with Gasteiger partial charge in [-0.15, -0.1) is 0 Å². The molecule has 146 valence electrons. The van der Waals surface area contributed by atoms with Gasteiger partial charge < -0.3 is 15.5 Å². The highest BCUT2D eigenvalue weighted by Gasteiger charge is 2.37. The van der Waals surface area contributed by atoms with Gasteiger partial charge in [0.25, 0.3) is 16.0 Å². The molecule has 0 spiro atoms. The average Bonchev–Trinajstić information content (AvgIpc) is 3.25. The van der Waals surface area contributed by atoms with Crippen LogP contribution in [0.4, 0.5) is 10.1 Å². The average molecular weight is 405 g/mol. The Morgan fingerprint density at radius 2 is 2.04 bits per heavy atom. The van der Waals surface area contributed by atoms with Crippen molar-refractivity contribution in [2.45, 2.75) is 0 Å². The molecule has 10 heteroatoms. The molecule has 0 fully saturated rings. The second-order valence-corrected chi connectivity index (χ2v) is 7.70. The molecular weight excluding hydrogens is 389 g/mol. The van der Waals surface area contributed by atoms with Crippen LogP contribution >= 0.6 is 0 Å². The monoisotopic (exact) mass is 405 g/mol. The summed E-state index contributed by atoms with van der Waals surface area (Å²) in [6.45, 7) is 0.334. The van der Waals surface area contributed by atoms with Crippen LogP contribution in [0.5, 0.6) is 5.75 Å². The first-order valence-corrected chi connectivity index (χ1v) is 9.95. The fourth-order valence-corrected chi connectivity index (χ4v) is 4.03. The molecule has 8 nitrogen and oxygen atoms in total. The molecule has 4 N–H and O–H groups in total. The molecule has 0 atom stereocenters. The van der Waals surface area contributed by atoms with Crippen molar-refractivity contribution in [3.8, 4) is 17.0 Å². The van der Waals surface area contributed by atoms with Gasteiger partial charge >= 0.3 is 0 Å². The van der Waals surface area contributed by atoms with Crippen LogP contribution in [0.15, 0.2) is 36.5 Å². The normalized spacial score (nSPS) is 13.5. The number of carbonyl (C=O) groups excluding carboxylic acids is 1. The number of amides is 1. The molecule has 4 rings (SSSR count). The number of aromatic amines is 1. The van der Waals surface area contributed by atoms with Crippen LogP contribution in [0.1, 0.15) is 10.4 Å². The topological polar surface area (TPSA) is 126 Å². The number of hydrogen-bond donors (Lipinski definition) is 3. The first-order chi connectivity index (χ1) is 13.3. The van der Waals surface area contributed by atoms with Crippen molar-refractivity contribution in [2.75, 3.05) is 23.9 Å². The largest absolute Gasteiger partial charge is 0.491 e. The summed E-state index contributed by atoms with van der Waals surface area (Å²) in [6, 6.07) is 7.42. The van der Waals surface area contributed by atoms with E-state index in [9.17, 15) is 22.2 Å². The molecule has 3 aromatic rings. The summed E-state index contributed by atoms with van der Waals surface area (Å²) in [4.78, 5) is 17.0. The summed E-state index contributed by atoms with van der Waals surface area (Å²) in [6.07, 6.45) is 1.66. The molecule has 0 unspecified atom stereocenters. The lowest BCUT2D eigenvalue weighted by Gasteiger charge is -2.15. The maximum Gasteiger partial charge on any atom is 0.283 e. The van der Waals surface area contributed by atoms with Gasteiger partial charge in [-0.2, -0.15) is 8.42 Å². The van der Waals surface area contributed by atoms with Gasteiger partial charge in [0.2, 0.25) is 0 Å². The summed E-state index contributed by atoms with van der Waals surface area (Å²) in [5, 5.41) is 0.287. The SMILES string of the molecule is NCCOc1cc(-c2ccc[nH]2)c2c3c(ccc(F)c13)N(CS(=O)(=O)O)C2=O. The Hall–Kier alpha value is -2.95. The number of benzene rings is 2. The number of ether oxygens (including phenoxy) is 1. The molecule has 0 saturated carbocycles. The van der Waals surface area contributed by atoms with Crippen molar-refractivity contribution in [1.29, 1.82) is 0 Å². The Kier molecular flexibility index (Phi) is 4.33. The lowest BCUT2D eigenvalue weighted by molar-refractivity contribution is 0.0997. The van der Waals surface area contributed by atoms with Crippen molar-refractivity contribution in [2.24, 2.45) is 5.73 Å². The van der Waals surface area contributed by atoms with Crippen LogP contribution in [-0.4, -0.2) is 42.9 Å². The van der Waals surface area contributed by atoms with Crippen molar-refractivity contribution in [3.05, 3.63) is 47.9 Å². The molecule has 1 aliphatic rings. The summed E-state index contributed by atoms with van der Waals surface area (Å²) in [5.74, 6) is -2.02. The molecule has 2 aromatic carbocycles. The Morgan fingerprint density at radius 1 is 1.25 bits per heavy atom. The van der Waals surface area contributed by atoms with E-state index < -0.39 is 27.7 Å². The smallest absolute Gasteiger partial charge is 0.283 e. The molecule has 0 saturated heterocycles. The molecule has 28 heavy (non-hydrogen) atoms. The van der Waals surface area contributed by atoms with Gasteiger partial charge in [0.1, 0.15) is 18.2 Å². The number of anilines is 1. The van der Waals surface area contributed by atoms with Gasteiger partial charge in [0.05, 0.1) is 16.6 Å². The van der Waals surface area contributed by atoms with Crippen molar-refractivity contribution >= 4 is 32.5 Å². The van der Waals surface area contributed by atoms with E-state index in [1.54, 1.807) is 18.3 Å². The van der Waals surface area contributed by atoms with Crippen molar-refractivity contribution in [1.82, 2.24) is 4.98 Å². The third-order valence-corrected chi connectivity index (χ3v) is 5.06. The van der Waals surface area contributed by atoms with E-state index in [4.69, 9.17) is 10.5 Å². The maximum absolute atomic E-state index is 14.7. The van der Waals surface area contributed by atoms with Crippen LogP contribution < -0.4 is 15.4 Å². The second kappa shape index (κ2) is 6.59. The molecule has 0 radical (unpaired) electrons. The first-order valence-electron chi connectivity index (χ1n) is 8.34. The summed E-state index contributed by atoms with van der Waals surface area (Å²) in [7, 11) is -4.50. The van der Waals surface area contributed by atoms with Crippen molar-refractivity contribution < 1.29 is 26.9 Å². The summed E-state index contributed by atoms with van der Waals surface area (Å²) in [5.41, 5.74) is 6.82. The van der Waals surface area contributed by atoms with E-state index in [1.165, 1.54) is 12.1 Å². The van der Waals surface area contributed by atoms with Gasteiger partial charge in [0, 0.05) is 29.4 Å². The lowest BCUT2D eigenvalue weighted by atomic mass is 9.96. The predicted octanol–water partition coefficient (Wildman–Crippen LogP) is 2.12. The Labute approximate surface area is 159 Å². The van der Waals surface area contributed by atoms with E-state index >= 15 is 0 Å². The zero-order chi connectivity index (χ0) is 20.1. The maximum atomic E-state index is 14.7. The predicted molar refractivity (Wildman–Crippen MR) is 101 cm³/mol. The zero-order valence-electron chi connectivity index (χ0n) is 14.5. The summed E-state index contributed by atoms with van der Waals surface area (Å²) >= 11 is 0. The number of nitrogens with zero attached hydrogens (tertiary/aromatic N) is 1. The number of carbonyl (C=O) groups is 1. The molecule has 2 heterocycles. The Morgan fingerprint density at radius 3 is 2.68 bits per heavy atom. The van der Waals surface area contributed by atoms with Crippen molar-refractivity contribution in [3.63, 3.8) is 0 Å². The van der Waals surface area contributed by atoms with Gasteiger partial charge in [-0.05, 0) is 30.3 Å². The van der Waals surface area contributed by atoms with Gasteiger partial charge in [-0.25, -0.2) is 4.39 Å². The first kappa shape index (κ1) is 18.4. The fourth-order valence-electron chi connectivity index (χ4n) is 3.45. The van der Waals surface area contributed by atoms with Gasteiger partial charge in [0.15, 0.2) is 5.88 Å². The number of rotatable bonds is 6. The number of H-pyrrole nitrogens is 1. The minimum atomic E-state index is -4.50. The molecule has 1 amide bonds. The van der Waals surface area contributed by atoms with E-state index in [1.807, 2.05) is 0 Å². The van der Waals surface area contributed by atoms with Gasteiger partial charge in [-0.3, -0.25) is 14.2 Å². The second-order valence-electron chi connectivity index (χ2n) is 6.28. The lowest BCUT2D eigenvalue weighted by Crippen LogP contribution is -2.32. The standard InChI is InChI=1S/C18H16FN3O5S/c19-11-3-4-13-17-15(18(23)22(13)9-28(24,25)26)10(12-2-1-6-21-12)8-14(16(11)17)27-7-5-20/h1-4,6,8,21H,5,7,9,20H2,(H,24,25,26). The highest BCUT2D eigenvalue weighted by molar-refractivity contribution is 7.85.